The van der Waals surface area contributed by atoms with E-state index in [0.717, 1.165) is 6.54 Å². The van der Waals surface area contributed by atoms with E-state index >= 15 is 0 Å². The van der Waals surface area contributed by atoms with Gasteiger partial charge in [-0.3, -0.25) is 0 Å². The highest BCUT2D eigenvalue weighted by Crippen LogP contribution is 2.48. The van der Waals surface area contributed by atoms with Gasteiger partial charge in [0, 0.05) is 6.54 Å². The third-order valence-corrected chi connectivity index (χ3v) is 4.45. The third-order valence-electron chi connectivity index (χ3n) is 4.45. The number of likely N-dealkylation sites (tertiary alicyclic amines) is 1. The van der Waals surface area contributed by atoms with Crippen LogP contribution in [-0.2, 0) is 18.9 Å². The normalized spacial score (nSPS) is 50.0. The lowest BCUT2D eigenvalue weighted by molar-refractivity contribution is -0.298. The van der Waals surface area contributed by atoms with Crippen molar-refractivity contribution in [3.05, 3.63) is 0 Å². The molecule has 0 radical (unpaired) electrons. The van der Waals surface area contributed by atoms with Gasteiger partial charge < -0.3 is 23.8 Å². The maximum absolute atomic E-state index is 6.16. The molecule has 4 fully saturated rings. The smallest absolute Gasteiger partial charge is 0.190 e. The highest BCUT2D eigenvalue weighted by atomic mass is 16.9. The molecule has 4 rings (SSSR count). The largest absolute Gasteiger partial charge is 0.369 e. The summed E-state index contributed by atoms with van der Waals surface area (Å²) in [4.78, 5) is 2.47. The van der Waals surface area contributed by atoms with E-state index in [4.69, 9.17) is 18.9 Å². The molecule has 0 unspecified atom stereocenters. The van der Waals surface area contributed by atoms with Gasteiger partial charge in [0.15, 0.2) is 12.1 Å². The standard InChI is InChI=1S/C13H21NO4/c1-12(2)16-9-10-13(8-15-10,18-11(9)17-12)7-14-5-3-4-6-14/h9-11H,3-8H2,1-2H3/t9-,10-,11+,13-/m1/s1. The second-order valence-electron chi connectivity index (χ2n) is 6.37. The van der Waals surface area contributed by atoms with Crippen LogP contribution >= 0.6 is 0 Å². The number of hydrogen-bond acceptors (Lipinski definition) is 5. The minimum atomic E-state index is -0.548. The van der Waals surface area contributed by atoms with E-state index in [1.165, 1.54) is 25.9 Å². The molecule has 0 spiro atoms. The van der Waals surface area contributed by atoms with Gasteiger partial charge in [-0.2, -0.15) is 0 Å². The first-order chi connectivity index (χ1) is 8.58. The van der Waals surface area contributed by atoms with Gasteiger partial charge >= 0.3 is 0 Å². The van der Waals surface area contributed by atoms with Crippen LogP contribution in [0.15, 0.2) is 0 Å². The first kappa shape index (κ1) is 11.6. The number of rotatable bonds is 2. The predicted octanol–water partition coefficient (Wildman–Crippen LogP) is 0.728. The van der Waals surface area contributed by atoms with Crippen molar-refractivity contribution in [2.45, 2.75) is 56.6 Å². The summed E-state index contributed by atoms with van der Waals surface area (Å²) < 4.78 is 23.6. The summed E-state index contributed by atoms with van der Waals surface area (Å²) in [7, 11) is 0. The maximum atomic E-state index is 6.16. The van der Waals surface area contributed by atoms with E-state index in [2.05, 4.69) is 4.90 Å². The molecule has 5 nitrogen and oxygen atoms in total. The van der Waals surface area contributed by atoms with Crippen LogP contribution in [0.2, 0.25) is 0 Å². The summed E-state index contributed by atoms with van der Waals surface area (Å²) in [5.41, 5.74) is -0.184. The molecule has 4 aliphatic rings. The molecule has 0 saturated carbocycles. The molecule has 5 heteroatoms. The maximum Gasteiger partial charge on any atom is 0.190 e. The average molecular weight is 255 g/mol. The molecular formula is C13H21NO4. The highest BCUT2D eigenvalue weighted by molar-refractivity contribution is 5.11. The number of ether oxygens (including phenoxy) is 4. The Hall–Kier alpha value is -0.200. The summed E-state index contributed by atoms with van der Waals surface area (Å²) in [6.45, 7) is 7.85. The molecule has 0 aromatic heterocycles. The first-order valence-corrected chi connectivity index (χ1v) is 6.95. The quantitative estimate of drug-likeness (QED) is 0.727. The molecule has 102 valence electrons. The van der Waals surface area contributed by atoms with Crippen molar-refractivity contribution in [2.24, 2.45) is 0 Å². The summed E-state index contributed by atoms with van der Waals surface area (Å²) in [5.74, 6) is -0.548. The van der Waals surface area contributed by atoms with Crippen LogP contribution in [0.25, 0.3) is 0 Å². The number of nitrogens with zero attached hydrogens (tertiary/aromatic N) is 1. The highest BCUT2D eigenvalue weighted by Gasteiger charge is 2.67. The van der Waals surface area contributed by atoms with E-state index in [0.29, 0.717) is 6.61 Å². The van der Waals surface area contributed by atoms with Crippen LogP contribution in [0.5, 0.6) is 0 Å². The molecule has 0 aromatic rings. The molecule has 0 aliphatic carbocycles. The van der Waals surface area contributed by atoms with Gasteiger partial charge in [0.25, 0.3) is 0 Å². The average Bonchev–Trinajstić information content (AvgIpc) is 2.88. The Labute approximate surface area is 107 Å². The van der Waals surface area contributed by atoms with Crippen molar-refractivity contribution in [1.82, 2.24) is 4.90 Å². The molecule has 4 saturated heterocycles. The van der Waals surface area contributed by atoms with Gasteiger partial charge in [-0.15, -0.1) is 0 Å². The van der Waals surface area contributed by atoms with Gasteiger partial charge in [-0.25, -0.2) is 0 Å². The lowest BCUT2D eigenvalue weighted by Crippen LogP contribution is -2.64. The second kappa shape index (κ2) is 3.67. The van der Waals surface area contributed by atoms with Crippen LogP contribution in [-0.4, -0.2) is 61.0 Å². The molecule has 0 amide bonds. The summed E-state index contributed by atoms with van der Waals surface area (Å²) in [6.07, 6.45) is 2.33. The van der Waals surface area contributed by atoms with Gasteiger partial charge in [0.05, 0.1) is 6.61 Å². The Bertz CT molecular complexity index is 355. The van der Waals surface area contributed by atoms with Crippen LogP contribution < -0.4 is 0 Å². The minimum Gasteiger partial charge on any atom is -0.369 e. The fourth-order valence-corrected chi connectivity index (χ4v) is 3.64. The third kappa shape index (κ3) is 1.58. The Morgan fingerprint density at radius 3 is 2.56 bits per heavy atom. The van der Waals surface area contributed by atoms with Gasteiger partial charge in [-0.05, 0) is 39.8 Å². The summed E-state index contributed by atoms with van der Waals surface area (Å²) in [6, 6.07) is 0. The van der Waals surface area contributed by atoms with E-state index in [1.807, 2.05) is 13.8 Å². The number of fused-ring (bicyclic) bond motifs is 3. The monoisotopic (exact) mass is 255 g/mol. The zero-order chi connectivity index (χ0) is 12.4. The van der Waals surface area contributed by atoms with E-state index in [1.54, 1.807) is 0 Å². The predicted molar refractivity (Wildman–Crippen MR) is 63.1 cm³/mol. The van der Waals surface area contributed by atoms with Crippen LogP contribution in [0.3, 0.4) is 0 Å². The zero-order valence-corrected chi connectivity index (χ0v) is 11.1. The van der Waals surface area contributed by atoms with Gasteiger partial charge in [-0.1, -0.05) is 0 Å². The molecule has 4 heterocycles. The van der Waals surface area contributed by atoms with Crippen LogP contribution in [0, 0.1) is 0 Å². The van der Waals surface area contributed by atoms with Gasteiger partial charge in [0.2, 0.25) is 0 Å². The summed E-state index contributed by atoms with van der Waals surface area (Å²) in [5, 5.41) is 0. The second-order valence-corrected chi connectivity index (χ2v) is 6.37. The number of hydrogen-bond donors (Lipinski definition) is 0. The molecule has 0 bridgehead atoms. The Morgan fingerprint density at radius 1 is 1.11 bits per heavy atom. The van der Waals surface area contributed by atoms with Crippen molar-refractivity contribution >= 4 is 0 Å². The van der Waals surface area contributed by atoms with Crippen LogP contribution in [0.4, 0.5) is 0 Å². The van der Waals surface area contributed by atoms with E-state index < -0.39 is 5.79 Å². The SMILES string of the molecule is CC1(C)O[C@H]2O[C@]3(CN4CCCC4)CO[C@@H]3[C@H]2O1. The van der Waals surface area contributed by atoms with Crippen molar-refractivity contribution in [3.8, 4) is 0 Å². The van der Waals surface area contributed by atoms with E-state index in [-0.39, 0.29) is 24.1 Å². The molecule has 18 heavy (non-hydrogen) atoms. The minimum absolute atomic E-state index is 0.0462. The first-order valence-electron chi connectivity index (χ1n) is 6.95. The Balaban J connectivity index is 1.49. The molecule has 0 N–H and O–H groups in total. The molecular weight excluding hydrogens is 234 g/mol. The molecule has 4 aliphatic heterocycles. The van der Waals surface area contributed by atoms with Crippen molar-refractivity contribution in [1.29, 1.82) is 0 Å². The Morgan fingerprint density at radius 2 is 1.89 bits per heavy atom. The van der Waals surface area contributed by atoms with Gasteiger partial charge in [0.1, 0.15) is 17.8 Å². The van der Waals surface area contributed by atoms with E-state index in [9.17, 15) is 0 Å². The lowest BCUT2D eigenvalue weighted by Gasteiger charge is -2.46. The Kier molecular flexibility index (Phi) is 2.37. The van der Waals surface area contributed by atoms with Crippen LogP contribution in [0.1, 0.15) is 26.7 Å². The van der Waals surface area contributed by atoms with Crippen molar-refractivity contribution in [3.63, 3.8) is 0 Å². The molecule has 0 aromatic carbocycles. The lowest BCUT2D eigenvalue weighted by atomic mass is 9.90. The topological polar surface area (TPSA) is 40.2 Å². The zero-order valence-electron chi connectivity index (χ0n) is 11.1. The molecule has 4 atom stereocenters. The fourth-order valence-electron chi connectivity index (χ4n) is 3.64. The van der Waals surface area contributed by atoms with Crippen molar-refractivity contribution < 1.29 is 18.9 Å². The van der Waals surface area contributed by atoms with Crippen molar-refractivity contribution in [2.75, 3.05) is 26.2 Å². The fraction of sp³-hybridized carbons (Fsp3) is 1.00. The summed E-state index contributed by atoms with van der Waals surface area (Å²) >= 11 is 0.